The van der Waals surface area contributed by atoms with E-state index in [0.717, 1.165) is 12.5 Å². The monoisotopic (exact) mass is 393 g/mol. The van der Waals surface area contributed by atoms with Crippen LogP contribution in [0.5, 0.6) is 0 Å². The van der Waals surface area contributed by atoms with Gasteiger partial charge in [0.25, 0.3) is 11.5 Å². The Morgan fingerprint density at radius 2 is 1.89 bits per heavy atom. The Hall–Kier alpha value is -2.84. The zero-order valence-corrected chi connectivity index (χ0v) is 16.1. The summed E-state index contributed by atoms with van der Waals surface area (Å²) in [6, 6.07) is 5.55. The average molecular weight is 393 g/mol. The molecule has 0 fully saturated rings. The fraction of sp³-hybridized carbons (Fsp3) is 0.421. The maximum atomic E-state index is 13.5. The number of aromatic amines is 1. The van der Waals surface area contributed by atoms with Gasteiger partial charge in [0, 0.05) is 26.6 Å². The summed E-state index contributed by atoms with van der Waals surface area (Å²) >= 11 is 0. The van der Waals surface area contributed by atoms with E-state index in [1.165, 1.54) is 16.8 Å². The summed E-state index contributed by atoms with van der Waals surface area (Å²) in [5, 5.41) is 4.38. The highest BCUT2D eigenvalue weighted by atomic mass is 19.3. The maximum absolute atomic E-state index is 13.5. The molecule has 0 aliphatic rings. The quantitative estimate of drug-likeness (QED) is 0.692. The number of hydrogen-bond acceptors (Lipinski definition) is 4. The second-order valence-electron chi connectivity index (χ2n) is 6.94. The average Bonchev–Trinajstić information content (AvgIpc) is 3.01. The number of aromatic nitrogens is 4. The maximum Gasteiger partial charge on any atom is 0.270 e. The number of nitrogens with one attached hydrogen (secondary N) is 1. The highest BCUT2D eigenvalue weighted by molar-refractivity contribution is 5.78. The summed E-state index contributed by atoms with van der Waals surface area (Å²) in [5.74, 6) is -2.62. The summed E-state index contributed by atoms with van der Waals surface area (Å²) in [6.07, 6.45) is 0.552. The van der Waals surface area contributed by atoms with Crippen molar-refractivity contribution in [2.75, 3.05) is 19.0 Å². The molecule has 0 spiro atoms. The lowest BCUT2D eigenvalue weighted by Gasteiger charge is -2.19. The van der Waals surface area contributed by atoms with Gasteiger partial charge in [-0.15, -0.1) is 0 Å². The van der Waals surface area contributed by atoms with Crippen molar-refractivity contribution >= 4 is 17.0 Å². The van der Waals surface area contributed by atoms with Crippen LogP contribution >= 0.6 is 0 Å². The SMILES string of the molecule is CC[C@@H](c1ccc(C(C)(F)F)cc1)n1nc(CF)c2c(=O)[nH]c(N(C)C)nc21. The molecule has 9 heteroatoms. The van der Waals surface area contributed by atoms with Crippen LogP contribution in [-0.4, -0.2) is 33.8 Å². The van der Waals surface area contributed by atoms with Gasteiger partial charge < -0.3 is 4.90 Å². The number of halogens is 3. The van der Waals surface area contributed by atoms with Crippen LogP contribution in [-0.2, 0) is 12.6 Å². The molecule has 6 nitrogen and oxygen atoms in total. The van der Waals surface area contributed by atoms with Crippen molar-refractivity contribution in [1.82, 2.24) is 19.7 Å². The second-order valence-corrected chi connectivity index (χ2v) is 6.94. The first-order valence-corrected chi connectivity index (χ1v) is 8.90. The van der Waals surface area contributed by atoms with Crippen molar-refractivity contribution in [1.29, 1.82) is 0 Å². The normalized spacial score (nSPS) is 13.1. The van der Waals surface area contributed by atoms with Gasteiger partial charge >= 0.3 is 0 Å². The molecule has 150 valence electrons. The molecule has 0 unspecified atom stereocenters. The van der Waals surface area contributed by atoms with E-state index in [2.05, 4.69) is 15.1 Å². The van der Waals surface area contributed by atoms with Crippen molar-refractivity contribution in [2.45, 2.75) is 38.9 Å². The lowest BCUT2D eigenvalue weighted by Crippen LogP contribution is -2.20. The van der Waals surface area contributed by atoms with Gasteiger partial charge in [-0.25, -0.2) is 17.9 Å². The van der Waals surface area contributed by atoms with E-state index in [4.69, 9.17) is 0 Å². The van der Waals surface area contributed by atoms with Crippen molar-refractivity contribution in [2.24, 2.45) is 0 Å². The molecule has 0 radical (unpaired) electrons. The lowest BCUT2D eigenvalue weighted by atomic mass is 10.0. The fourth-order valence-electron chi connectivity index (χ4n) is 3.17. The van der Waals surface area contributed by atoms with E-state index >= 15 is 0 Å². The van der Waals surface area contributed by atoms with Crippen molar-refractivity contribution in [3.8, 4) is 0 Å². The molecule has 2 aromatic heterocycles. The van der Waals surface area contributed by atoms with Gasteiger partial charge in [-0.2, -0.15) is 10.1 Å². The van der Waals surface area contributed by atoms with Gasteiger partial charge in [0.1, 0.15) is 17.8 Å². The lowest BCUT2D eigenvalue weighted by molar-refractivity contribution is 0.0174. The minimum absolute atomic E-state index is 0.00391. The van der Waals surface area contributed by atoms with Crippen LogP contribution in [0.25, 0.3) is 11.0 Å². The van der Waals surface area contributed by atoms with Crippen LogP contribution in [0.1, 0.15) is 43.1 Å². The van der Waals surface area contributed by atoms with Gasteiger partial charge in [-0.3, -0.25) is 9.78 Å². The highest BCUT2D eigenvalue weighted by Gasteiger charge is 2.26. The summed E-state index contributed by atoms with van der Waals surface area (Å²) in [5.41, 5.74) is 0.425. The van der Waals surface area contributed by atoms with E-state index in [9.17, 15) is 18.0 Å². The molecule has 0 saturated carbocycles. The number of anilines is 1. The van der Waals surface area contributed by atoms with E-state index in [0.29, 0.717) is 12.4 Å². The number of benzene rings is 1. The van der Waals surface area contributed by atoms with Crippen molar-refractivity contribution in [3.63, 3.8) is 0 Å². The molecule has 1 N–H and O–H groups in total. The largest absolute Gasteiger partial charge is 0.348 e. The summed E-state index contributed by atoms with van der Waals surface area (Å²) in [7, 11) is 3.45. The molecule has 1 atom stereocenters. The number of H-pyrrole nitrogens is 1. The molecular formula is C19H22F3N5O. The molecule has 1 aromatic carbocycles. The first-order valence-electron chi connectivity index (χ1n) is 8.90. The molecule has 0 bridgehead atoms. The molecule has 3 aromatic rings. The Kier molecular flexibility index (Phi) is 5.18. The minimum atomic E-state index is -2.94. The number of nitrogens with zero attached hydrogens (tertiary/aromatic N) is 4. The predicted molar refractivity (Wildman–Crippen MR) is 102 cm³/mol. The van der Waals surface area contributed by atoms with Crippen LogP contribution in [0.15, 0.2) is 29.1 Å². The predicted octanol–water partition coefficient (Wildman–Crippen LogP) is 3.77. The van der Waals surface area contributed by atoms with Crippen molar-refractivity contribution < 1.29 is 13.2 Å². The zero-order valence-electron chi connectivity index (χ0n) is 16.1. The highest BCUT2D eigenvalue weighted by Crippen LogP contribution is 2.31. The molecule has 0 amide bonds. The topological polar surface area (TPSA) is 66.8 Å². The zero-order chi connectivity index (χ0) is 20.6. The molecule has 0 aliphatic carbocycles. The van der Waals surface area contributed by atoms with E-state index in [1.807, 2.05) is 6.92 Å². The number of alkyl halides is 3. The van der Waals surface area contributed by atoms with E-state index in [1.54, 1.807) is 31.1 Å². The summed E-state index contributed by atoms with van der Waals surface area (Å²) in [4.78, 5) is 21.2. The van der Waals surface area contributed by atoms with Crippen LogP contribution in [0, 0.1) is 0 Å². The Balaban J connectivity index is 2.18. The van der Waals surface area contributed by atoms with Gasteiger partial charge in [0.15, 0.2) is 5.65 Å². The smallest absolute Gasteiger partial charge is 0.270 e. The van der Waals surface area contributed by atoms with Crippen LogP contribution in [0.3, 0.4) is 0 Å². The van der Waals surface area contributed by atoms with Crippen LogP contribution in [0.2, 0.25) is 0 Å². The Morgan fingerprint density at radius 3 is 2.39 bits per heavy atom. The van der Waals surface area contributed by atoms with Gasteiger partial charge in [0.05, 0.1) is 6.04 Å². The Morgan fingerprint density at radius 1 is 1.25 bits per heavy atom. The number of hydrogen-bond donors (Lipinski definition) is 1. The molecule has 28 heavy (non-hydrogen) atoms. The van der Waals surface area contributed by atoms with Crippen LogP contribution in [0.4, 0.5) is 19.1 Å². The summed E-state index contributed by atoms with van der Waals surface area (Å²) in [6.45, 7) is 1.83. The second kappa shape index (κ2) is 7.29. The first kappa shape index (κ1) is 19.9. The molecule has 2 heterocycles. The Bertz CT molecular complexity index is 1030. The molecule has 3 rings (SSSR count). The molecule has 0 aliphatic heterocycles. The van der Waals surface area contributed by atoms with Gasteiger partial charge in [0.2, 0.25) is 5.95 Å². The minimum Gasteiger partial charge on any atom is -0.348 e. The first-order chi connectivity index (χ1) is 13.2. The van der Waals surface area contributed by atoms with E-state index in [-0.39, 0.29) is 28.3 Å². The number of fused-ring (bicyclic) bond motifs is 1. The third-order valence-corrected chi connectivity index (χ3v) is 4.66. The Labute approximate surface area is 160 Å². The van der Waals surface area contributed by atoms with Crippen molar-refractivity contribution in [3.05, 3.63) is 51.4 Å². The molecular weight excluding hydrogens is 371 g/mol. The van der Waals surface area contributed by atoms with Crippen LogP contribution < -0.4 is 10.5 Å². The van der Waals surface area contributed by atoms with Gasteiger partial charge in [-0.05, 0) is 12.0 Å². The third-order valence-electron chi connectivity index (χ3n) is 4.66. The fourth-order valence-corrected chi connectivity index (χ4v) is 3.17. The van der Waals surface area contributed by atoms with Gasteiger partial charge in [-0.1, -0.05) is 31.2 Å². The third kappa shape index (κ3) is 3.48. The standard InChI is InChI=1S/C19H22F3N5O/c1-5-14(11-6-8-12(9-7-11)19(2,21)22)27-16-15(13(10-20)25-27)17(28)24-18(23-16)26(3)4/h6-9,14H,5,10H2,1-4H3,(H,23,24,28)/t14-/m0/s1. The molecule has 0 saturated heterocycles. The number of rotatable bonds is 6. The summed E-state index contributed by atoms with van der Waals surface area (Å²) < 4.78 is 42.0. The van der Waals surface area contributed by atoms with E-state index < -0.39 is 18.2 Å².